The van der Waals surface area contributed by atoms with Crippen LogP contribution in [0.1, 0.15) is 37.8 Å². The average Bonchev–Trinajstić information content (AvgIpc) is 3.46. The van der Waals surface area contributed by atoms with Crippen LogP contribution in [0.25, 0.3) is 0 Å². The first kappa shape index (κ1) is 22.7. The Kier molecular flexibility index (Phi) is 5.98. The number of fused-ring (bicyclic) bond motifs is 2. The third-order valence-corrected chi connectivity index (χ3v) is 7.74. The van der Waals surface area contributed by atoms with Gasteiger partial charge in [-0.1, -0.05) is 12.1 Å². The molecular weight excluding hydrogens is 432 g/mol. The molecule has 3 aliphatic heterocycles. The lowest BCUT2D eigenvalue weighted by Crippen LogP contribution is -2.56. The monoisotopic (exact) mass is 460 g/mol. The van der Waals surface area contributed by atoms with Crippen LogP contribution in [0.4, 0.5) is 0 Å². The van der Waals surface area contributed by atoms with Gasteiger partial charge < -0.3 is 15.5 Å². The molecule has 3 saturated heterocycles. The van der Waals surface area contributed by atoms with Gasteiger partial charge in [0, 0.05) is 25.7 Å². The van der Waals surface area contributed by atoms with Gasteiger partial charge in [-0.3, -0.25) is 14.5 Å². The molecule has 4 rings (SSSR count). The summed E-state index contributed by atoms with van der Waals surface area (Å²) in [5, 5.41) is 14.5. The number of hydrogen-bond acceptors (Lipinski definition) is 7. The Bertz CT molecular complexity index is 1070. The molecule has 4 N–H and O–H groups in total. The van der Waals surface area contributed by atoms with E-state index >= 15 is 0 Å². The molecule has 0 spiro atoms. The van der Waals surface area contributed by atoms with Crippen LogP contribution in [-0.2, 0) is 19.6 Å². The highest BCUT2D eigenvalue weighted by atomic mass is 32.2. The fraction of sp³-hybridized carbons (Fsp3) is 0.571. The van der Waals surface area contributed by atoms with E-state index in [4.69, 9.17) is 10.9 Å². The number of primary sulfonamides is 1. The quantitative estimate of drug-likeness (QED) is 0.581. The Hall–Kier alpha value is -2.52. The lowest BCUT2D eigenvalue weighted by atomic mass is 10.1. The Balaban J connectivity index is 1.42. The van der Waals surface area contributed by atoms with Gasteiger partial charge in [0.25, 0.3) is 0 Å². The van der Waals surface area contributed by atoms with Crippen molar-refractivity contribution in [1.29, 1.82) is 5.26 Å². The molecule has 2 amide bonds. The van der Waals surface area contributed by atoms with Crippen LogP contribution in [0.3, 0.4) is 0 Å². The molecule has 1 aromatic rings. The zero-order valence-electron chi connectivity index (χ0n) is 17.9. The van der Waals surface area contributed by atoms with Crippen molar-refractivity contribution in [3.05, 3.63) is 29.8 Å². The Morgan fingerprint density at radius 1 is 1.38 bits per heavy atom. The summed E-state index contributed by atoms with van der Waals surface area (Å²) in [5.41, 5.74) is 6.88. The van der Waals surface area contributed by atoms with Gasteiger partial charge in [-0.15, -0.1) is 0 Å². The van der Waals surface area contributed by atoms with E-state index in [0.29, 0.717) is 31.5 Å². The first-order valence-electron chi connectivity index (χ1n) is 10.8. The van der Waals surface area contributed by atoms with Crippen LogP contribution >= 0.6 is 0 Å². The maximum Gasteiger partial charge on any atom is 0.241 e. The van der Waals surface area contributed by atoms with Crippen LogP contribution in [0, 0.1) is 11.3 Å². The van der Waals surface area contributed by atoms with Crippen molar-refractivity contribution < 1.29 is 18.0 Å². The van der Waals surface area contributed by atoms with Gasteiger partial charge >= 0.3 is 0 Å². The predicted octanol–water partition coefficient (Wildman–Crippen LogP) is -0.478. The second-order valence-electron chi connectivity index (χ2n) is 8.82. The zero-order chi connectivity index (χ0) is 23.2. The van der Waals surface area contributed by atoms with Gasteiger partial charge in [0.1, 0.15) is 6.04 Å². The Morgan fingerprint density at radius 3 is 2.78 bits per heavy atom. The summed E-state index contributed by atoms with van der Waals surface area (Å²) >= 11 is 0. The summed E-state index contributed by atoms with van der Waals surface area (Å²) in [6.07, 6.45) is 2.11. The number of rotatable bonds is 6. The molecular formula is C21H28N6O4S. The van der Waals surface area contributed by atoms with E-state index in [-0.39, 0.29) is 41.4 Å². The van der Waals surface area contributed by atoms with Crippen molar-refractivity contribution >= 4 is 21.8 Å². The number of hydrogen-bond donors (Lipinski definition) is 2. The van der Waals surface area contributed by atoms with E-state index < -0.39 is 22.1 Å². The molecule has 0 saturated carbocycles. The number of piperazine rings is 1. The molecule has 0 aliphatic carbocycles. The third kappa shape index (κ3) is 3.99. The molecule has 2 bridgehead atoms. The van der Waals surface area contributed by atoms with Gasteiger partial charge in [0.15, 0.2) is 0 Å². The molecule has 10 nitrogen and oxygen atoms in total. The molecule has 1 aromatic carbocycles. The molecule has 0 aromatic heterocycles. The normalized spacial score (nSPS) is 27.6. The SMILES string of the molecule is C[C@H](c1cccc(S(N)(=O)=O)c1)N1C(=O)[C@@H]2C[C@H]1CN2C[C@H](N)C(=O)N1CCC[C@H]1C#N. The maximum absolute atomic E-state index is 13.1. The fourth-order valence-corrected chi connectivity index (χ4v) is 5.79. The van der Waals surface area contributed by atoms with Gasteiger partial charge in [-0.25, -0.2) is 13.6 Å². The van der Waals surface area contributed by atoms with Crippen LogP contribution in [-0.4, -0.2) is 78.7 Å². The van der Waals surface area contributed by atoms with Crippen LogP contribution in [0.2, 0.25) is 0 Å². The standard InChI is InChI=1S/C21H28N6O4S/c1-13(14-4-2-6-17(8-14)32(24,30)31)27-16-9-19(21(27)29)25(11-16)12-18(23)20(28)26-7-3-5-15(26)10-22/h2,4,6,8,13,15-16,18-19H,3,5,7,9,11-12,23H2,1H3,(H2,24,30,31)/t13-,15+,16+,18+,19+/m1/s1. The van der Waals surface area contributed by atoms with Gasteiger partial charge in [0.2, 0.25) is 21.8 Å². The van der Waals surface area contributed by atoms with Gasteiger partial charge in [0.05, 0.1) is 29.1 Å². The molecule has 3 fully saturated rings. The summed E-state index contributed by atoms with van der Waals surface area (Å²) < 4.78 is 23.4. The number of sulfonamides is 1. The number of benzene rings is 1. The molecule has 3 aliphatic rings. The highest BCUT2D eigenvalue weighted by molar-refractivity contribution is 7.89. The number of likely N-dealkylation sites (tertiary alicyclic amines) is 3. The Labute approximate surface area is 187 Å². The summed E-state index contributed by atoms with van der Waals surface area (Å²) in [5.74, 6) is -0.292. The molecule has 32 heavy (non-hydrogen) atoms. The third-order valence-electron chi connectivity index (χ3n) is 6.83. The second kappa shape index (κ2) is 8.44. The Morgan fingerprint density at radius 2 is 2.12 bits per heavy atom. The first-order valence-corrected chi connectivity index (χ1v) is 12.3. The van der Waals surface area contributed by atoms with Crippen LogP contribution < -0.4 is 10.9 Å². The fourth-order valence-electron chi connectivity index (χ4n) is 5.22. The summed E-state index contributed by atoms with van der Waals surface area (Å²) in [6, 6.07) is 6.59. The van der Waals surface area contributed by atoms with E-state index in [1.54, 1.807) is 21.9 Å². The predicted molar refractivity (Wildman–Crippen MR) is 115 cm³/mol. The summed E-state index contributed by atoms with van der Waals surface area (Å²) in [6.45, 7) is 3.27. The zero-order valence-corrected chi connectivity index (χ0v) is 18.7. The molecule has 0 unspecified atom stereocenters. The van der Waals surface area contributed by atoms with Crippen LogP contribution in [0.15, 0.2) is 29.2 Å². The number of amides is 2. The summed E-state index contributed by atoms with van der Waals surface area (Å²) in [7, 11) is -3.83. The molecule has 11 heteroatoms. The van der Waals surface area contributed by atoms with Crippen molar-refractivity contribution in [3.8, 4) is 6.07 Å². The van der Waals surface area contributed by atoms with Crippen LogP contribution in [0.5, 0.6) is 0 Å². The lowest BCUT2D eigenvalue weighted by molar-refractivity contribution is -0.141. The molecule has 172 valence electrons. The van der Waals surface area contributed by atoms with E-state index in [9.17, 15) is 23.3 Å². The summed E-state index contributed by atoms with van der Waals surface area (Å²) in [4.78, 5) is 31.2. The lowest BCUT2D eigenvalue weighted by Gasteiger charge is -2.38. The maximum atomic E-state index is 13.1. The topological polar surface area (TPSA) is 154 Å². The van der Waals surface area contributed by atoms with Crippen molar-refractivity contribution in [2.24, 2.45) is 10.9 Å². The van der Waals surface area contributed by atoms with Gasteiger partial charge in [-0.2, -0.15) is 5.26 Å². The largest absolute Gasteiger partial charge is 0.330 e. The average molecular weight is 461 g/mol. The van der Waals surface area contributed by atoms with Crippen molar-refractivity contribution in [1.82, 2.24) is 14.7 Å². The van der Waals surface area contributed by atoms with Crippen molar-refractivity contribution in [2.75, 3.05) is 19.6 Å². The highest BCUT2D eigenvalue weighted by Gasteiger charge is 2.51. The van der Waals surface area contributed by atoms with E-state index in [2.05, 4.69) is 6.07 Å². The smallest absolute Gasteiger partial charge is 0.241 e. The molecule has 5 atom stereocenters. The number of nitrogens with two attached hydrogens (primary N) is 2. The van der Waals surface area contributed by atoms with Crippen molar-refractivity contribution in [2.45, 2.75) is 61.3 Å². The minimum atomic E-state index is -3.83. The van der Waals surface area contributed by atoms with Gasteiger partial charge in [-0.05, 0) is 43.9 Å². The number of nitrogens with zero attached hydrogens (tertiary/aromatic N) is 4. The molecule has 0 radical (unpaired) electrons. The second-order valence-corrected chi connectivity index (χ2v) is 10.4. The van der Waals surface area contributed by atoms with Crippen molar-refractivity contribution in [3.63, 3.8) is 0 Å². The number of carbonyl (C=O) groups excluding carboxylic acids is 2. The van der Waals surface area contributed by atoms with E-state index in [0.717, 1.165) is 6.42 Å². The molecule has 3 heterocycles. The highest BCUT2D eigenvalue weighted by Crippen LogP contribution is 2.38. The number of nitriles is 1. The minimum Gasteiger partial charge on any atom is -0.330 e. The van der Waals surface area contributed by atoms with E-state index in [1.807, 2.05) is 11.8 Å². The van der Waals surface area contributed by atoms with E-state index in [1.165, 1.54) is 12.1 Å². The first-order chi connectivity index (χ1) is 15.1. The minimum absolute atomic E-state index is 0.0161. The number of carbonyl (C=O) groups is 2.